The Hall–Kier alpha value is -6.84. The maximum absolute atomic E-state index is 7.09. The van der Waals surface area contributed by atoms with Gasteiger partial charge in [0.15, 0.2) is 0 Å². The molecule has 61 heavy (non-hydrogen) atoms. The highest BCUT2D eigenvalue weighted by Crippen LogP contribution is 2.64. The molecular weight excluding hydrogens is 741 g/mol. The Morgan fingerprint density at radius 1 is 0.410 bits per heavy atom. The second kappa shape index (κ2) is 13.3. The predicted octanol–water partition coefficient (Wildman–Crippen LogP) is 16.4. The van der Waals surface area contributed by atoms with Crippen LogP contribution in [-0.2, 0) is 10.8 Å². The minimum Gasteiger partial charge on any atom is -0.455 e. The van der Waals surface area contributed by atoms with Gasteiger partial charge in [0.25, 0.3) is 0 Å². The van der Waals surface area contributed by atoms with Gasteiger partial charge in [0, 0.05) is 61.3 Å². The first-order chi connectivity index (χ1) is 29.5. The van der Waals surface area contributed by atoms with Crippen LogP contribution >= 0.6 is 0 Å². The fourth-order valence-electron chi connectivity index (χ4n) is 10.9. The number of fused-ring (bicyclic) bond motifs is 12. The molecule has 0 N–H and O–H groups in total. The van der Waals surface area contributed by atoms with Gasteiger partial charge in [-0.2, -0.15) is 0 Å². The van der Waals surface area contributed by atoms with Gasteiger partial charge < -0.3 is 14.2 Å². The summed E-state index contributed by atoms with van der Waals surface area (Å²) >= 11 is 0. The van der Waals surface area contributed by atoms with Crippen molar-refractivity contribution in [3.8, 4) is 22.3 Å². The summed E-state index contributed by atoms with van der Waals surface area (Å²) < 4.78 is 7.09. The van der Waals surface area contributed by atoms with E-state index in [0.29, 0.717) is 0 Å². The summed E-state index contributed by atoms with van der Waals surface area (Å²) in [6, 6.07) is 57.9. The van der Waals surface area contributed by atoms with Crippen LogP contribution in [0.2, 0.25) is 0 Å². The quantitative estimate of drug-likeness (QED) is 0.167. The van der Waals surface area contributed by atoms with E-state index in [1.165, 1.54) is 100 Å². The molecule has 0 amide bonds. The summed E-state index contributed by atoms with van der Waals surface area (Å²) in [5.41, 5.74) is 23.8. The molecule has 0 saturated heterocycles. The highest BCUT2D eigenvalue weighted by molar-refractivity contribution is 6.21. The van der Waals surface area contributed by atoms with Crippen LogP contribution in [-0.4, -0.2) is 0 Å². The molecule has 3 nitrogen and oxygen atoms in total. The topological polar surface area (TPSA) is 19.6 Å². The maximum atomic E-state index is 7.09. The Morgan fingerprint density at radius 3 is 1.23 bits per heavy atom. The Balaban J connectivity index is 1.17. The third-order valence-electron chi connectivity index (χ3n) is 13.9. The largest absolute Gasteiger partial charge is 0.455 e. The van der Waals surface area contributed by atoms with Crippen molar-refractivity contribution in [1.82, 2.24) is 0 Å². The highest BCUT2D eigenvalue weighted by Gasteiger charge is 2.49. The Labute approximate surface area is 359 Å². The first kappa shape index (κ1) is 37.2. The van der Waals surface area contributed by atoms with Crippen LogP contribution in [0, 0.1) is 27.7 Å². The minimum absolute atomic E-state index is 0.322. The number of benzene rings is 8. The first-order valence-electron chi connectivity index (χ1n) is 21.6. The zero-order chi connectivity index (χ0) is 41.9. The molecule has 9 aromatic rings. The zero-order valence-electron chi connectivity index (χ0n) is 36.3. The molecule has 0 unspecified atom stereocenters. The molecule has 298 valence electrons. The molecule has 3 heteroatoms. The van der Waals surface area contributed by atoms with Crippen molar-refractivity contribution in [1.29, 1.82) is 0 Å². The third kappa shape index (κ3) is 5.29. The fourth-order valence-corrected chi connectivity index (χ4v) is 10.9. The van der Waals surface area contributed by atoms with Crippen LogP contribution in [0.5, 0.6) is 0 Å². The van der Waals surface area contributed by atoms with Crippen molar-refractivity contribution >= 4 is 56.1 Å². The minimum atomic E-state index is -0.336. The van der Waals surface area contributed by atoms with E-state index in [0.717, 1.165) is 22.5 Å². The molecule has 0 radical (unpaired) electrons. The lowest BCUT2D eigenvalue weighted by molar-refractivity contribution is 0.600. The first-order valence-corrected chi connectivity index (χ1v) is 21.6. The van der Waals surface area contributed by atoms with Gasteiger partial charge in [0.05, 0.1) is 0 Å². The molecule has 2 aliphatic carbocycles. The summed E-state index contributed by atoms with van der Waals surface area (Å²) in [4.78, 5) is 4.90. The van der Waals surface area contributed by atoms with Crippen LogP contribution in [0.25, 0.3) is 44.2 Å². The van der Waals surface area contributed by atoms with E-state index in [1.807, 2.05) is 0 Å². The normalized spacial score (nSPS) is 14.2. The maximum Gasteiger partial charge on any atom is 0.144 e. The molecule has 1 heterocycles. The standard InChI is InChI=1S/C58H50N2O/c1-35-19-9-14-24-46(35)59(47-25-15-10-20-36(47)2)39-29-31-41-44(33-39)57(5,6)54-51(41)52-43-23-13-18-28-50(43)61-56(52)53-42-32-30-40(34-45(42)58(7,8)55(53)54)60(48-26-16-11-21-37(48)3)49-27-17-12-22-38(49)4/h9-34H,1-8H3. The average Bonchev–Trinajstić information content (AvgIpc) is 3.83. The van der Waals surface area contributed by atoms with Gasteiger partial charge in [-0.25, -0.2) is 0 Å². The van der Waals surface area contributed by atoms with Crippen molar-refractivity contribution < 1.29 is 4.42 Å². The van der Waals surface area contributed by atoms with Gasteiger partial charge in [-0.15, -0.1) is 0 Å². The van der Waals surface area contributed by atoms with Gasteiger partial charge in [-0.1, -0.05) is 131 Å². The Bertz CT molecular complexity index is 3180. The molecule has 8 aromatic carbocycles. The number of para-hydroxylation sites is 5. The van der Waals surface area contributed by atoms with Crippen LogP contribution in [0.15, 0.2) is 162 Å². The number of hydrogen-bond acceptors (Lipinski definition) is 3. The molecule has 2 aliphatic rings. The summed E-state index contributed by atoms with van der Waals surface area (Å²) in [7, 11) is 0. The van der Waals surface area contributed by atoms with E-state index in [2.05, 4.69) is 223 Å². The van der Waals surface area contributed by atoms with Gasteiger partial charge >= 0.3 is 0 Å². The summed E-state index contributed by atoms with van der Waals surface area (Å²) in [5.74, 6) is 0. The van der Waals surface area contributed by atoms with Crippen molar-refractivity contribution in [2.75, 3.05) is 9.80 Å². The van der Waals surface area contributed by atoms with Crippen molar-refractivity contribution in [2.24, 2.45) is 0 Å². The lowest BCUT2D eigenvalue weighted by Gasteiger charge is -2.33. The summed E-state index contributed by atoms with van der Waals surface area (Å²) in [6.45, 7) is 18.6. The number of hydrogen-bond donors (Lipinski definition) is 0. The van der Waals surface area contributed by atoms with Crippen molar-refractivity contribution in [3.05, 3.63) is 202 Å². The summed E-state index contributed by atoms with van der Waals surface area (Å²) in [5, 5.41) is 2.38. The number of nitrogens with zero attached hydrogens (tertiary/aromatic N) is 2. The monoisotopic (exact) mass is 790 g/mol. The Kier molecular flexibility index (Phi) is 8.13. The second-order valence-electron chi connectivity index (χ2n) is 18.3. The van der Waals surface area contributed by atoms with Crippen LogP contribution in [0.1, 0.15) is 72.2 Å². The number of anilines is 6. The molecule has 0 aliphatic heterocycles. The van der Waals surface area contributed by atoms with Gasteiger partial charge in [0.2, 0.25) is 0 Å². The van der Waals surface area contributed by atoms with E-state index in [1.54, 1.807) is 0 Å². The van der Waals surface area contributed by atoms with Crippen LogP contribution < -0.4 is 9.80 Å². The lowest BCUT2D eigenvalue weighted by atomic mass is 9.72. The molecule has 0 fully saturated rings. The summed E-state index contributed by atoms with van der Waals surface area (Å²) in [6.07, 6.45) is 0. The third-order valence-corrected chi connectivity index (χ3v) is 13.9. The molecule has 0 saturated carbocycles. The molecule has 0 spiro atoms. The van der Waals surface area contributed by atoms with Crippen LogP contribution in [0.4, 0.5) is 34.1 Å². The molecule has 11 rings (SSSR count). The van der Waals surface area contributed by atoms with Crippen molar-refractivity contribution in [3.63, 3.8) is 0 Å². The smallest absolute Gasteiger partial charge is 0.144 e. The molecule has 1 aromatic heterocycles. The van der Waals surface area contributed by atoms with Gasteiger partial charge in [0.1, 0.15) is 11.2 Å². The number of rotatable bonds is 6. The molecule has 0 atom stereocenters. The zero-order valence-corrected chi connectivity index (χ0v) is 36.3. The van der Waals surface area contributed by atoms with E-state index in [-0.39, 0.29) is 10.8 Å². The second-order valence-corrected chi connectivity index (χ2v) is 18.3. The Morgan fingerprint density at radius 2 is 0.787 bits per heavy atom. The molecule has 0 bridgehead atoms. The number of furan rings is 1. The van der Waals surface area contributed by atoms with Crippen molar-refractivity contribution in [2.45, 2.75) is 66.2 Å². The van der Waals surface area contributed by atoms with E-state index in [4.69, 9.17) is 4.42 Å². The fraction of sp³-hybridized carbons (Fsp3) is 0.172. The van der Waals surface area contributed by atoms with Crippen LogP contribution in [0.3, 0.4) is 0 Å². The predicted molar refractivity (Wildman–Crippen MR) is 257 cm³/mol. The molecular formula is C58H50N2O. The van der Waals surface area contributed by atoms with Gasteiger partial charge in [-0.05, 0) is 143 Å². The highest BCUT2D eigenvalue weighted by atomic mass is 16.3. The lowest BCUT2D eigenvalue weighted by Crippen LogP contribution is -2.24. The average molecular weight is 791 g/mol. The van der Waals surface area contributed by atoms with Gasteiger partial charge in [-0.3, -0.25) is 0 Å². The number of aryl methyl sites for hydroxylation is 4. The van der Waals surface area contributed by atoms with E-state index < -0.39 is 0 Å². The van der Waals surface area contributed by atoms with E-state index >= 15 is 0 Å². The van der Waals surface area contributed by atoms with E-state index in [9.17, 15) is 0 Å². The SMILES string of the molecule is Cc1ccccc1N(c1ccc2c(c1)C(C)(C)c1c3c(c4c(oc5ccccc54)c1-2)-c1ccc(N(c2ccccc2C)c2ccccc2C)cc1C3(C)C)c1ccccc1C.